The molecular weight excluding hydrogens is 667 g/mol. The summed E-state index contributed by atoms with van der Waals surface area (Å²) < 4.78 is 6.97. The number of aromatic nitrogens is 1. The van der Waals surface area contributed by atoms with Gasteiger partial charge in [-0.2, -0.15) is 0 Å². The Bertz CT molecular complexity index is 1770. The quantitative estimate of drug-likeness (QED) is 0.195. The van der Waals surface area contributed by atoms with Crippen molar-refractivity contribution in [3.8, 4) is 0 Å². The summed E-state index contributed by atoms with van der Waals surface area (Å²) in [5, 5.41) is 16.1. The topological polar surface area (TPSA) is 112 Å². The van der Waals surface area contributed by atoms with E-state index in [-0.39, 0.29) is 54.0 Å². The molecule has 2 saturated heterocycles. The van der Waals surface area contributed by atoms with Gasteiger partial charge >= 0.3 is 5.97 Å². The first kappa shape index (κ1) is 32.9. The van der Waals surface area contributed by atoms with Crippen molar-refractivity contribution in [2.75, 3.05) is 25.0 Å². The predicted molar refractivity (Wildman–Crippen MR) is 182 cm³/mol. The van der Waals surface area contributed by atoms with Crippen LogP contribution in [-0.2, 0) is 27.2 Å². The third kappa shape index (κ3) is 7.25. The summed E-state index contributed by atoms with van der Waals surface area (Å²) in [7, 11) is 0. The van der Waals surface area contributed by atoms with E-state index < -0.39 is 5.97 Å². The van der Waals surface area contributed by atoms with Gasteiger partial charge in [0, 0.05) is 57.2 Å². The molecule has 4 aromatic rings. The predicted octanol–water partition coefficient (Wildman–Crippen LogP) is 6.93. The van der Waals surface area contributed by atoms with Crippen molar-refractivity contribution in [3.63, 3.8) is 0 Å². The maximum absolute atomic E-state index is 14.0. The zero-order chi connectivity index (χ0) is 32.5. The average Bonchev–Trinajstić information content (AvgIpc) is 3.76. The standard InChI is InChI=1S/C33H34Cl2N4O5S2/c1-18-14-38(15-19(2)44-18)21-11-28(33-36-13-22(46-33)7-8-31(41)42)39(16-21)30(40)10-20-9-26(35)27(12-25(20)34)37-32(43)24-17-45-29-6-4-3-5-23(24)29/h3-6,9,12-13,17-19,21,28H,7-8,10-11,14-16H2,1-2H3,(H,37,43)(H,41,42)/t18-,19+,21-,28?/m0/s1. The fourth-order valence-corrected chi connectivity index (χ4v) is 8.80. The Balaban J connectivity index is 1.20. The number of halogens is 2. The molecule has 0 bridgehead atoms. The highest BCUT2D eigenvalue weighted by molar-refractivity contribution is 7.17. The highest BCUT2D eigenvalue weighted by Crippen LogP contribution is 2.39. The lowest BCUT2D eigenvalue weighted by atomic mass is 10.1. The van der Waals surface area contributed by atoms with Gasteiger partial charge in [0.25, 0.3) is 5.91 Å². The minimum absolute atomic E-state index is 0.0261. The SMILES string of the molecule is C[C@@H]1CN([C@H]2CC(c3ncc(CCC(=O)O)s3)N(C(=O)Cc3cc(Cl)c(NC(=O)c4csc5ccccc45)cc3Cl)C2)C[C@H](C)O1. The Hall–Kier alpha value is -3.06. The number of aliphatic carboxylic acids is 1. The summed E-state index contributed by atoms with van der Waals surface area (Å²) in [4.78, 5) is 48.0. The molecule has 2 aromatic carbocycles. The number of carbonyl (C=O) groups excluding carboxylic acids is 2. The molecule has 4 heterocycles. The van der Waals surface area contributed by atoms with Crippen LogP contribution in [-0.4, -0.2) is 75.6 Å². The Morgan fingerprint density at radius 2 is 1.85 bits per heavy atom. The molecule has 9 nitrogen and oxygen atoms in total. The smallest absolute Gasteiger partial charge is 0.303 e. The van der Waals surface area contributed by atoms with Crippen LogP contribution >= 0.6 is 45.9 Å². The number of anilines is 1. The van der Waals surface area contributed by atoms with Crippen LogP contribution in [0.5, 0.6) is 0 Å². The molecule has 1 unspecified atom stereocenters. The Morgan fingerprint density at radius 1 is 1.09 bits per heavy atom. The van der Waals surface area contributed by atoms with E-state index in [0.717, 1.165) is 33.1 Å². The highest BCUT2D eigenvalue weighted by Gasteiger charge is 2.42. The number of morpholine rings is 1. The van der Waals surface area contributed by atoms with Gasteiger partial charge < -0.3 is 20.1 Å². The molecule has 2 N–H and O–H groups in total. The number of nitrogens with one attached hydrogen (secondary N) is 1. The number of hydrogen-bond acceptors (Lipinski definition) is 8. The third-order valence-corrected chi connectivity index (χ3v) is 11.2. The molecule has 0 saturated carbocycles. The second-order valence-electron chi connectivity index (χ2n) is 11.9. The molecule has 13 heteroatoms. The number of carboxylic acids is 1. The first-order chi connectivity index (χ1) is 22.0. The molecule has 0 aliphatic carbocycles. The summed E-state index contributed by atoms with van der Waals surface area (Å²) in [6, 6.07) is 10.8. The number of thiophene rings is 1. The lowest BCUT2D eigenvalue weighted by Crippen LogP contribution is -2.51. The fraction of sp³-hybridized carbons (Fsp3) is 0.394. The maximum atomic E-state index is 14.0. The zero-order valence-electron chi connectivity index (χ0n) is 25.4. The fourth-order valence-electron chi connectivity index (χ4n) is 6.35. The highest BCUT2D eigenvalue weighted by atomic mass is 35.5. The van der Waals surface area contributed by atoms with Crippen LogP contribution in [0.4, 0.5) is 5.69 Å². The van der Waals surface area contributed by atoms with Gasteiger partial charge in [0.15, 0.2) is 0 Å². The van der Waals surface area contributed by atoms with Gasteiger partial charge in [0.2, 0.25) is 5.91 Å². The van der Waals surface area contributed by atoms with E-state index in [0.29, 0.717) is 41.2 Å². The van der Waals surface area contributed by atoms with Crippen LogP contribution in [0.3, 0.4) is 0 Å². The van der Waals surface area contributed by atoms with E-state index in [4.69, 9.17) is 33.0 Å². The normalized spacial score (nSPS) is 22.0. The van der Waals surface area contributed by atoms with Crippen LogP contribution in [0.2, 0.25) is 10.0 Å². The molecule has 2 fully saturated rings. The number of nitrogens with zero attached hydrogens (tertiary/aromatic N) is 3. The molecule has 2 aliphatic heterocycles. The minimum Gasteiger partial charge on any atom is -0.481 e. The number of ether oxygens (including phenoxy) is 1. The largest absolute Gasteiger partial charge is 0.481 e. The summed E-state index contributed by atoms with van der Waals surface area (Å²) >= 11 is 16.3. The molecule has 6 rings (SSSR count). The van der Waals surface area contributed by atoms with Gasteiger partial charge in [0.1, 0.15) is 5.01 Å². The number of benzene rings is 2. The number of aryl methyl sites for hydroxylation is 1. The Morgan fingerprint density at radius 3 is 2.61 bits per heavy atom. The first-order valence-electron chi connectivity index (χ1n) is 15.2. The van der Waals surface area contributed by atoms with Crippen molar-refractivity contribution < 1.29 is 24.2 Å². The summed E-state index contributed by atoms with van der Waals surface area (Å²) in [5.41, 5.74) is 1.49. The second kappa shape index (κ2) is 14.0. The van der Waals surface area contributed by atoms with E-state index >= 15 is 0 Å². The van der Waals surface area contributed by atoms with Crippen molar-refractivity contribution in [3.05, 3.63) is 79.0 Å². The van der Waals surface area contributed by atoms with E-state index in [1.54, 1.807) is 18.3 Å². The molecule has 4 atom stereocenters. The molecule has 0 spiro atoms. The van der Waals surface area contributed by atoms with Gasteiger partial charge in [-0.05, 0) is 50.5 Å². The summed E-state index contributed by atoms with van der Waals surface area (Å²) in [6.07, 6.45) is 3.07. The second-order valence-corrected chi connectivity index (χ2v) is 14.8. The van der Waals surface area contributed by atoms with Gasteiger partial charge in [-0.3, -0.25) is 19.3 Å². The Kier molecular flexibility index (Phi) is 9.98. The molecule has 2 amide bonds. The van der Waals surface area contributed by atoms with E-state index in [1.165, 1.54) is 22.7 Å². The number of likely N-dealkylation sites (tertiary alicyclic amines) is 1. The van der Waals surface area contributed by atoms with Crippen molar-refractivity contribution in [1.82, 2.24) is 14.8 Å². The number of thiazole rings is 1. The van der Waals surface area contributed by atoms with Gasteiger partial charge in [-0.1, -0.05) is 41.4 Å². The molecule has 242 valence electrons. The maximum Gasteiger partial charge on any atom is 0.303 e. The minimum atomic E-state index is -0.857. The number of hydrogen-bond donors (Lipinski definition) is 2. The van der Waals surface area contributed by atoms with E-state index in [1.807, 2.05) is 34.5 Å². The average molecular weight is 702 g/mol. The third-order valence-electron chi connectivity index (χ3n) is 8.46. The first-order valence-corrected chi connectivity index (χ1v) is 17.6. The van der Waals surface area contributed by atoms with E-state index in [9.17, 15) is 14.4 Å². The van der Waals surface area contributed by atoms with Crippen LogP contribution in [0, 0.1) is 0 Å². The molecule has 0 radical (unpaired) electrons. The van der Waals surface area contributed by atoms with Crippen molar-refractivity contribution in [2.24, 2.45) is 0 Å². The summed E-state index contributed by atoms with van der Waals surface area (Å²) in [6.45, 7) is 6.21. The number of amides is 2. The molecule has 2 aromatic heterocycles. The van der Waals surface area contributed by atoms with Gasteiger partial charge in [-0.25, -0.2) is 4.98 Å². The zero-order valence-corrected chi connectivity index (χ0v) is 28.5. The molecule has 2 aliphatic rings. The van der Waals surface area contributed by atoms with Crippen molar-refractivity contribution in [1.29, 1.82) is 0 Å². The van der Waals surface area contributed by atoms with E-state index in [2.05, 4.69) is 29.0 Å². The van der Waals surface area contributed by atoms with Crippen LogP contribution in [0.15, 0.2) is 48.0 Å². The monoisotopic (exact) mass is 700 g/mol. The lowest BCUT2D eigenvalue weighted by Gasteiger charge is -2.38. The van der Waals surface area contributed by atoms with Crippen molar-refractivity contribution >= 4 is 79.4 Å². The number of fused-ring (bicyclic) bond motifs is 1. The molecule has 46 heavy (non-hydrogen) atoms. The number of carboxylic acid groups (broad SMARTS) is 1. The Labute approximate surface area is 285 Å². The number of rotatable bonds is 9. The summed E-state index contributed by atoms with van der Waals surface area (Å²) in [5.74, 6) is -1.25. The van der Waals surface area contributed by atoms with Crippen molar-refractivity contribution in [2.45, 2.75) is 63.8 Å². The number of carbonyl (C=O) groups is 3. The van der Waals surface area contributed by atoms with Crippen LogP contribution in [0.1, 0.15) is 58.5 Å². The van der Waals surface area contributed by atoms with Gasteiger partial charge in [0.05, 0.1) is 47.4 Å². The lowest BCUT2D eigenvalue weighted by molar-refractivity contribution is -0.137. The molecular formula is C33H34Cl2N4O5S2. The van der Waals surface area contributed by atoms with Crippen LogP contribution < -0.4 is 5.32 Å². The van der Waals surface area contributed by atoms with Gasteiger partial charge in [-0.15, -0.1) is 22.7 Å². The van der Waals surface area contributed by atoms with Crippen LogP contribution in [0.25, 0.3) is 10.1 Å².